The number of fused-ring (bicyclic) bond motifs is 3. The Kier molecular flexibility index (Phi) is 7.20. The molecule has 1 N–H and O–H groups in total. The van der Waals surface area contributed by atoms with E-state index in [9.17, 15) is 9.59 Å². The largest absolute Gasteiger partial charge is 0.354 e. The molecule has 0 bridgehead atoms. The first-order valence-corrected chi connectivity index (χ1v) is 13.3. The first-order chi connectivity index (χ1) is 17.0. The Bertz CT molecular complexity index is 1230. The maximum absolute atomic E-state index is 13.1. The minimum absolute atomic E-state index is 0.0205. The topological polar surface area (TPSA) is 74.9 Å². The van der Waals surface area contributed by atoms with E-state index < -0.39 is 6.04 Å². The van der Waals surface area contributed by atoms with Gasteiger partial charge in [0.1, 0.15) is 6.04 Å². The highest BCUT2D eigenvalue weighted by molar-refractivity contribution is 5.94. The number of carbonyl (C=O) groups excluding carboxylic acids is 1. The smallest absolute Gasteiger partial charge is 0.273 e. The summed E-state index contributed by atoms with van der Waals surface area (Å²) in [5.74, 6) is -0.0205. The molecule has 8 nitrogen and oxygen atoms in total. The van der Waals surface area contributed by atoms with Crippen molar-refractivity contribution in [1.29, 1.82) is 0 Å². The summed E-state index contributed by atoms with van der Waals surface area (Å²) in [4.78, 5) is 34.6. The van der Waals surface area contributed by atoms with Crippen LogP contribution in [0, 0.1) is 6.92 Å². The van der Waals surface area contributed by atoms with Crippen LogP contribution in [0.3, 0.4) is 0 Å². The lowest BCUT2D eigenvalue weighted by molar-refractivity contribution is -0.124. The van der Waals surface area contributed by atoms with E-state index >= 15 is 0 Å². The van der Waals surface area contributed by atoms with Crippen molar-refractivity contribution >= 4 is 22.5 Å². The van der Waals surface area contributed by atoms with Gasteiger partial charge in [-0.1, -0.05) is 31.4 Å². The van der Waals surface area contributed by atoms with E-state index in [0.717, 1.165) is 48.7 Å². The second-order valence-corrected chi connectivity index (χ2v) is 10.2. The molecule has 8 heteroatoms. The summed E-state index contributed by atoms with van der Waals surface area (Å²) < 4.78 is 3.84. The monoisotopic (exact) mass is 478 g/mol. The predicted octanol–water partition coefficient (Wildman–Crippen LogP) is 2.98. The van der Waals surface area contributed by atoms with Crippen molar-refractivity contribution in [3.05, 3.63) is 46.4 Å². The summed E-state index contributed by atoms with van der Waals surface area (Å²) >= 11 is 0. The van der Waals surface area contributed by atoms with Crippen molar-refractivity contribution in [3.63, 3.8) is 0 Å². The molecule has 1 saturated heterocycles. The van der Waals surface area contributed by atoms with Crippen molar-refractivity contribution < 1.29 is 4.79 Å². The highest BCUT2D eigenvalue weighted by atomic mass is 16.2. The molecule has 1 aliphatic heterocycles. The molecule has 0 spiro atoms. The Morgan fingerprint density at radius 3 is 2.63 bits per heavy atom. The zero-order valence-corrected chi connectivity index (χ0v) is 21.1. The minimum atomic E-state index is -0.431. The average Bonchev–Trinajstić information content (AvgIpc) is 3.21. The van der Waals surface area contributed by atoms with Crippen LogP contribution in [0.4, 0.5) is 0 Å². The maximum Gasteiger partial charge on any atom is 0.273 e. The molecule has 1 aliphatic carbocycles. The van der Waals surface area contributed by atoms with Gasteiger partial charge in [0, 0.05) is 55.9 Å². The van der Waals surface area contributed by atoms with Crippen molar-refractivity contribution in [1.82, 2.24) is 29.3 Å². The number of nitrogens with one attached hydrogen (secondary N) is 1. The molecule has 1 saturated carbocycles. The fraction of sp³-hybridized carbons (Fsp3) is 0.593. The first kappa shape index (κ1) is 24.0. The summed E-state index contributed by atoms with van der Waals surface area (Å²) in [7, 11) is 0. The Morgan fingerprint density at radius 2 is 1.86 bits per heavy atom. The summed E-state index contributed by atoms with van der Waals surface area (Å²) in [6.07, 6.45) is 7.90. The van der Waals surface area contributed by atoms with Gasteiger partial charge in [0.2, 0.25) is 5.91 Å². The van der Waals surface area contributed by atoms with E-state index in [-0.39, 0.29) is 11.5 Å². The fourth-order valence-electron chi connectivity index (χ4n) is 5.96. The van der Waals surface area contributed by atoms with Gasteiger partial charge in [-0.3, -0.25) is 19.2 Å². The third-order valence-corrected chi connectivity index (χ3v) is 7.89. The lowest BCUT2D eigenvalue weighted by Gasteiger charge is -2.40. The molecule has 3 aromatic rings. The molecular formula is C27H38N6O2. The molecule has 5 rings (SSSR count). The minimum Gasteiger partial charge on any atom is -0.354 e. The number of para-hydroxylation sites is 1. The van der Waals surface area contributed by atoms with Crippen LogP contribution in [0.25, 0.3) is 16.6 Å². The predicted molar refractivity (Wildman–Crippen MR) is 139 cm³/mol. The Morgan fingerprint density at radius 1 is 1.11 bits per heavy atom. The molecule has 2 aromatic heterocycles. The lowest BCUT2D eigenvalue weighted by atomic mass is 9.94. The van der Waals surface area contributed by atoms with Crippen LogP contribution in [-0.4, -0.2) is 75.2 Å². The number of piperazine rings is 1. The number of rotatable bonds is 7. The van der Waals surface area contributed by atoms with Crippen LogP contribution in [-0.2, 0) is 4.79 Å². The summed E-state index contributed by atoms with van der Waals surface area (Å²) in [5.41, 5.74) is 2.00. The SMILES string of the molecule is Cc1cc(=O)nc2c3ccccc3n([C@H](C)C(=O)NCCCN3CCN(C4CCCCC4)CC3)n12. The van der Waals surface area contributed by atoms with Crippen molar-refractivity contribution in [2.24, 2.45) is 0 Å². The van der Waals surface area contributed by atoms with Crippen molar-refractivity contribution in [2.45, 2.75) is 64.5 Å². The summed E-state index contributed by atoms with van der Waals surface area (Å²) in [5, 5.41) is 4.01. The van der Waals surface area contributed by atoms with Gasteiger partial charge in [-0.05, 0) is 51.8 Å². The Hall–Kier alpha value is -2.71. The number of carbonyl (C=O) groups is 1. The van der Waals surface area contributed by atoms with E-state index in [2.05, 4.69) is 20.1 Å². The van der Waals surface area contributed by atoms with E-state index in [4.69, 9.17) is 0 Å². The third kappa shape index (κ3) is 5.00. The number of hydrogen-bond donors (Lipinski definition) is 1. The second kappa shape index (κ2) is 10.5. The van der Waals surface area contributed by atoms with Crippen molar-refractivity contribution in [2.75, 3.05) is 39.3 Å². The Labute approximate surface area is 206 Å². The lowest BCUT2D eigenvalue weighted by Crippen LogP contribution is -2.51. The molecule has 2 fully saturated rings. The van der Waals surface area contributed by atoms with E-state index in [1.807, 2.05) is 47.3 Å². The van der Waals surface area contributed by atoms with Crippen molar-refractivity contribution in [3.8, 4) is 0 Å². The van der Waals surface area contributed by atoms with Crippen LogP contribution < -0.4 is 10.9 Å². The third-order valence-electron chi connectivity index (χ3n) is 7.89. The number of nitrogens with zero attached hydrogens (tertiary/aromatic N) is 5. The molecular weight excluding hydrogens is 440 g/mol. The van der Waals surface area contributed by atoms with Crippen LogP contribution in [0.2, 0.25) is 0 Å². The normalized spacial score (nSPS) is 19.4. The number of benzene rings is 1. The highest BCUT2D eigenvalue weighted by Gasteiger charge is 2.25. The van der Waals surface area contributed by atoms with Gasteiger partial charge < -0.3 is 10.2 Å². The van der Waals surface area contributed by atoms with Crippen LogP contribution in [0.1, 0.15) is 57.2 Å². The van der Waals surface area contributed by atoms with Gasteiger partial charge in [0.05, 0.1) is 5.52 Å². The Balaban J connectivity index is 1.17. The number of hydrogen-bond acceptors (Lipinski definition) is 5. The molecule has 1 aromatic carbocycles. The molecule has 0 radical (unpaired) electrons. The molecule has 1 atom stereocenters. The molecule has 2 aliphatic rings. The molecule has 1 amide bonds. The van der Waals surface area contributed by atoms with Gasteiger partial charge >= 0.3 is 0 Å². The number of amides is 1. The van der Waals surface area contributed by atoms with Gasteiger partial charge in [-0.2, -0.15) is 4.98 Å². The average molecular weight is 479 g/mol. The van der Waals surface area contributed by atoms with Crippen LogP contribution in [0.15, 0.2) is 35.1 Å². The van der Waals surface area contributed by atoms with Gasteiger partial charge in [-0.15, -0.1) is 0 Å². The number of aromatic nitrogens is 3. The zero-order valence-electron chi connectivity index (χ0n) is 21.1. The maximum atomic E-state index is 13.1. The summed E-state index contributed by atoms with van der Waals surface area (Å²) in [6.45, 7) is 10.1. The fourth-order valence-corrected chi connectivity index (χ4v) is 5.96. The van der Waals surface area contributed by atoms with E-state index in [1.54, 1.807) is 0 Å². The quantitative estimate of drug-likeness (QED) is 0.529. The van der Waals surface area contributed by atoms with Crippen LogP contribution >= 0.6 is 0 Å². The van der Waals surface area contributed by atoms with E-state index in [0.29, 0.717) is 12.2 Å². The summed E-state index contributed by atoms with van der Waals surface area (Å²) in [6, 6.07) is 9.70. The first-order valence-electron chi connectivity index (χ1n) is 13.3. The second-order valence-electron chi connectivity index (χ2n) is 10.2. The van der Waals surface area contributed by atoms with Crippen LogP contribution in [0.5, 0.6) is 0 Å². The molecule has 35 heavy (non-hydrogen) atoms. The van der Waals surface area contributed by atoms with Gasteiger partial charge in [0.15, 0.2) is 5.65 Å². The van der Waals surface area contributed by atoms with E-state index in [1.165, 1.54) is 51.3 Å². The number of aryl methyl sites for hydroxylation is 1. The standard InChI is InChI=1S/C27H38N6O2/c1-20-19-25(34)29-26-23-11-6-7-12-24(23)33(32(20)26)21(2)27(35)28-13-8-14-30-15-17-31(18-16-30)22-9-4-3-5-10-22/h6-7,11-12,19,21-22H,3-5,8-10,13-18H2,1-2H3,(H,28,35)/t21-/m1/s1. The van der Waals surface area contributed by atoms with Gasteiger partial charge in [-0.25, -0.2) is 4.52 Å². The zero-order chi connectivity index (χ0) is 24.4. The highest BCUT2D eigenvalue weighted by Crippen LogP contribution is 2.25. The van der Waals surface area contributed by atoms with Gasteiger partial charge in [0.25, 0.3) is 5.56 Å². The molecule has 3 heterocycles. The molecule has 0 unspecified atom stereocenters. The molecule has 188 valence electrons.